The molecule has 2 N–H and O–H groups in total. The second-order valence-electron chi connectivity index (χ2n) is 6.56. The van der Waals surface area contributed by atoms with E-state index in [2.05, 4.69) is 46.5 Å². The molecular weight excluding hydrogens is 278 g/mol. The Morgan fingerprint density at radius 3 is 2.86 bits per heavy atom. The first-order valence-corrected chi connectivity index (χ1v) is 8.38. The third-order valence-corrected chi connectivity index (χ3v) is 4.13. The minimum absolute atomic E-state index is 0.299. The average molecular weight is 307 g/mol. The first-order chi connectivity index (χ1) is 10.6. The third kappa shape index (κ3) is 5.00. The maximum absolute atomic E-state index is 5.24. The summed E-state index contributed by atoms with van der Waals surface area (Å²) in [5, 5.41) is 10.8. The fourth-order valence-corrected chi connectivity index (χ4v) is 2.85. The topological polar surface area (TPSA) is 75.3 Å². The van der Waals surface area contributed by atoms with Crippen LogP contribution < -0.4 is 10.6 Å². The van der Waals surface area contributed by atoms with E-state index in [4.69, 9.17) is 4.52 Å². The lowest BCUT2D eigenvalue weighted by Crippen LogP contribution is -2.45. The first-order valence-electron chi connectivity index (χ1n) is 8.38. The summed E-state index contributed by atoms with van der Waals surface area (Å²) in [5.41, 5.74) is 0. The van der Waals surface area contributed by atoms with E-state index in [0.717, 1.165) is 24.2 Å². The molecule has 22 heavy (non-hydrogen) atoms. The van der Waals surface area contributed by atoms with Gasteiger partial charge < -0.3 is 15.2 Å². The lowest BCUT2D eigenvalue weighted by atomic mass is 9.87. The number of nitrogens with one attached hydrogen (secondary N) is 2. The summed E-state index contributed by atoms with van der Waals surface area (Å²) in [6.07, 6.45) is 5.81. The van der Waals surface area contributed by atoms with Crippen molar-refractivity contribution in [3.8, 4) is 0 Å². The number of aliphatic imine (C=N–C) groups is 1. The maximum Gasteiger partial charge on any atom is 0.228 e. The molecule has 2 rings (SSSR count). The van der Waals surface area contributed by atoms with Gasteiger partial charge in [0.1, 0.15) is 0 Å². The Bertz CT molecular complexity index is 483. The van der Waals surface area contributed by atoms with E-state index >= 15 is 0 Å². The van der Waals surface area contributed by atoms with Crippen LogP contribution in [0.1, 0.15) is 64.1 Å². The molecule has 1 aromatic heterocycles. The van der Waals surface area contributed by atoms with Crippen LogP contribution in [0.15, 0.2) is 9.52 Å². The van der Waals surface area contributed by atoms with Crippen LogP contribution in [0.2, 0.25) is 0 Å². The second-order valence-corrected chi connectivity index (χ2v) is 6.56. The number of hydrogen-bond donors (Lipinski definition) is 2. The molecule has 1 aliphatic rings. The van der Waals surface area contributed by atoms with E-state index < -0.39 is 0 Å². The van der Waals surface area contributed by atoms with E-state index in [1.54, 1.807) is 0 Å². The van der Waals surface area contributed by atoms with Crippen molar-refractivity contribution < 1.29 is 4.52 Å². The summed E-state index contributed by atoms with van der Waals surface area (Å²) >= 11 is 0. The second kappa shape index (κ2) is 8.15. The van der Waals surface area contributed by atoms with Gasteiger partial charge in [-0.3, -0.25) is 4.99 Å². The molecule has 1 fully saturated rings. The van der Waals surface area contributed by atoms with Crippen molar-refractivity contribution in [2.75, 3.05) is 13.6 Å². The van der Waals surface area contributed by atoms with Crippen LogP contribution in [0, 0.1) is 5.92 Å². The molecule has 0 radical (unpaired) electrons. The molecule has 1 aromatic rings. The normalized spacial score (nSPS) is 22.9. The lowest BCUT2D eigenvalue weighted by molar-refractivity contribution is 0.324. The van der Waals surface area contributed by atoms with Gasteiger partial charge in [0.15, 0.2) is 11.8 Å². The molecule has 6 nitrogen and oxygen atoms in total. The largest absolute Gasteiger partial charge is 0.356 e. The number of nitrogens with zero attached hydrogens (tertiary/aromatic N) is 3. The molecule has 6 heteroatoms. The van der Waals surface area contributed by atoms with E-state index in [-0.39, 0.29) is 0 Å². The number of hydrogen-bond acceptors (Lipinski definition) is 4. The minimum Gasteiger partial charge on any atom is -0.356 e. The fourth-order valence-electron chi connectivity index (χ4n) is 2.85. The molecule has 1 saturated carbocycles. The van der Waals surface area contributed by atoms with Crippen LogP contribution in [0.25, 0.3) is 0 Å². The molecule has 2 unspecified atom stereocenters. The Hall–Kier alpha value is -1.59. The van der Waals surface area contributed by atoms with Crippen molar-refractivity contribution in [2.24, 2.45) is 10.9 Å². The Morgan fingerprint density at radius 2 is 2.23 bits per heavy atom. The van der Waals surface area contributed by atoms with Crippen LogP contribution in [-0.4, -0.2) is 35.7 Å². The van der Waals surface area contributed by atoms with Crippen molar-refractivity contribution in [3.63, 3.8) is 0 Å². The average Bonchev–Trinajstić information content (AvgIpc) is 2.95. The molecule has 0 aromatic carbocycles. The first kappa shape index (κ1) is 16.8. The maximum atomic E-state index is 5.24. The van der Waals surface area contributed by atoms with Gasteiger partial charge in [-0.2, -0.15) is 4.98 Å². The monoisotopic (exact) mass is 307 g/mol. The predicted octanol–water partition coefficient (Wildman–Crippen LogP) is 2.48. The molecule has 2 atom stereocenters. The standard InChI is InChI=1S/C16H29N5O/c1-11(2)15-20-14(22-21-15)8-9-18-16(17-4)19-13-7-5-6-12(3)10-13/h11-13H,5-10H2,1-4H3,(H2,17,18,19). The van der Waals surface area contributed by atoms with Gasteiger partial charge in [0, 0.05) is 32.0 Å². The van der Waals surface area contributed by atoms with Crippen molar-refractivity contribution >= 4 is 5.96 Å². The van der Waals surface area contributed by atoms with E-state index in [1.807, 2.05) is 7.05 Å². The van der Waals surface area contributed by atoms with Gasteiger partial charge in [0.25, 0.3) is 0 Å². The number of guanidine groups is 1. The quantitative estimate of drug-likeness (QED) is 0.645. The number of rotatable bonds is 5. The Balaban J connectivity index is 1.74. The van der Waals surface area contributed by atoms with Gasteiger partial charge >= 0.3 is 0 Å². The molecule has 0 amide bonds. The fraction of sp³-hybridized carbons (Fsp3) is 0.812. The zero-order chi connectivity index (χ0) is 15.9. The van der Waals surface area contributed by atoms with Crippen LogP contribution in [0.3, 0.4) is 0 Å². The smallest absolute Gasteiger partial charge is 0.228 e. The van der Waals surface area contributed by atoms with E-state index in [0.29, 0.717) is 24.3 Å². The zero-order valence-corrected chi connectivity index (χ0v) is 14.2. The van der Waals surface area contributed by atoms with Crippen LogP contribution >= 0.6 is 0 Å². The molecule has 0 bridgehead atoms. The van der Waals surface area contributed by atoms with E-state index in [1.165, 1.54) is 25.7 Å². The van der Waals surface area contributed by atoms with Gasteiger partial charge in [-0.15, -0.1) is 0 Å². The molecule has 1 heterocycles. The highest BCUT2D eigenvalue weighted by Gasteiger charge is 2.19. The summed E-state index contributed by atoms with van der Waals surface area (Å²) in [6, 6.07) is 0.533. The highest BCUT2D eigenvalue weighted by atomic mass is 16.5. The summed E-state index contributed by atoms with van der Waals surface area (Å²) in [5.74, 6) is 3.42. The van der Waals surface area contributed by atoms with Crippen LogP contribution in [0.4, 0.5) is 0 Å². The Kier molecular flexibility index (Phi) is 6.21. The summed E-state index contributed by atoms with van der Waals surface area (Å²) in [7, 11) is 1.81. The highest BCUT2D eigenvalue weighted by Crippen LogP contribution is 2.23. The van der Waals surface area contributed by atoms with Gasteiger partial charge in [-0.1, -0.05) is 38.8 Å². The van der Waals surface area contributed by atoms with E-state index in [9.17, 15) is 0 Å². The predicted molar refractivity (Wildman–Crippen MR) is 88.0 cm³/mol. The van der Waals surface area contributed by atoms with Crippen molar-refractivity contribution in [1.82, 2.24) is 20.8 Å². The molecule has 124 valence electrons. The molecule has 0 spiro atoms. The molecule has 0 aliphatic heterocycles. The SMILES string of the molecule is CN=C(NCCc1nc(C(C)C)no1)NC1CCCC(C)C1. The van der Waals surface area contributed by atoms with Gasteiger partial charge in [0.2, 0.25) is 5.89 Å². The zero-order valence-electron chi connectivity index (χ0n) is 14.2. The van der Waals surface area contributed by atoms with Crippen molar-refractivity contribution in [2.45, 2.75) is 64.8 Å². The molecule has 0 saturated heterocycles. The van der Waals surface area contributed by atoms with Crippen LogP contribution in [-0.2, 0) is 6.42 Å². The summed E-state index contributed by atoms with van der Waals surface area (Å²) in [6.45, 7) is 7.18. The van der Waals surface area contributed by atoms with Crippen molar-refractivity contribution in [1.29, 1.82) is 0 Å². The van der Waals surface area contributed by atoms with Gasteiger partial charge in [-0.25, -0.2) is 0 Å². The molecule has 1 aliphatic carbocycles. The number of aromatic nitrogens is 2. The minimum atomic E-state index is 0.299. The van der Waals surface area contributed by atoms with Gasteiger partial charge in [-0.05, 0) is 18.8 Å². The lowest BCUT2D eigenvalue weighted by Gasteiger charge is -2.28. The summed E-state index contributed by atoms with van der Waals surface area (Å²) < 4.78 is 5.24. The molecular formula is C16H29N5O. The summed E-state index contributed by atoms with van der Waals surface area (Å²) in [4.78, 5) is 8.68. The highest BCUT2D eigenvalue weighted by molar-refractivity contribution is 5.79. The van der Waals surface area contributed by atoms with Crippen LogP contribution in [0.5, 0.6) is 0 Å². The van der Waals surface area contributed by atoms with Gasteiger partial charge in [0.05, 0.1) is 0 Å². The Labute approximate surface area is 133 Å². The third-order valence-electron chi connectivity index (χ3n) is 4.13. The Morgan fingerprint density at radius 1 is 1.41 bits per heavy atom. The van der Waals surface area contributed by atoms with Crippen molar-refractivity contribution in [3.05, 3.63) is 11.7 Å².